The summed E-state index contributed by atoms with van der Waals surface area (Å²) in [4.78, 5) is 2.55. The van der Waals surface area contributed by atoms with Crippen molar-refractivity contribution in [2.75, 3.05) is 26.2 Å². The molecule has 0 N–H and O–H groups in total. The van der Waals surface area contributed by atoms with E-state index in [1.54, 1.807) is 0 Å². The first kappa shape index (κ1) is 29.5. The summed E-state index contributed by atoms with van der Waals surface area (Å²) < 4.78 is 34.6. The molecule has 0 radical (unpaired) electrons. The number of hydrogen-bond acceptors (Lipinski definition) is 2. The molecule has 0 heterocycles. The fourth-order valence-corrected chi connectivity index (χ4v) is 4.32. The lowest BCUT2D eigenvalue weighted by Gasteiger charge is -2.33. The third-order valence-electron chi connectivity index (χ3n) is 6.60. The molecule has 196 valence electrons. The Labute approximate surface area is 213 Å². The maximum absolute atomic E-state index is 14.1. The minimum absolute atomic E-state index is 0.0818. The SMILES string of the molecule is Cc1cccc(C)c1C(CN(CCC(C)(C)C)CCC(C)(C)C)OCCCc1c(F)cccc1F. The van der Waals surface area contributed by atoms with E-state index in [9.17, 15) is 8.78 Å². The van der Waals surface area contributed by atoms with Gasteiger partial charge in [-0.2, -0.15) is 0 Å². The van der Waals surface area contributed by atoms with Crippen molar-refractivity contribution in [3.63, 3.8) is 0 Å². The van der Waals surface area contributed by atoms with Crippen LogP contribution in [0, 0.1) is 36.3 Å². The van der Waals surface area contributed by atoms with E-state index in [2.05, 4.69) is 78.5 Å². The number of halogens is 2. The molecule has 2 aromatic carbocycles. The Morgan fingerprint density at radius 3 is 1.77 bits per heavy atom. The first-order valence-electron chi connectivity index (χ1n) is 13.1. The van der Waals surface area contributed by atoms with Crippen molar-refractivity contribution < 1.29 is 13.5 Å². The predicted molar refractivity (Wildman–Crippen MR) is 144 cm³/mol. The number of benzene rings is 2. The summed E-state index contributed by atoms with van der Waals surface area (Å²) in [6, 6.07) is 10.4. The molecule has 0 saturated carbocycles. The normalized spacial score (nSPS) is 13.5. The van der Waals surface area contributed by atoms with Gasteiger partial charge in [-0.3, -0.25) is 0 Å². The third-order valence-corrected chi connectivity index (χ3v) is 6.60. The standard InChI is InChI=1S/C31H47F2NO/c1-23-12-9-13-24(2)29(23)28(35-21-11-14-25-26(32)15-10-16-27(25)33)22-34(19-17-30(3,4)5)20-18-31(6,7)8/h9-10,12-13,15-16,28H,11,14,17-22H2,1-8H3. The van der Waals surface area contributed by atoms with Crippen LogP contribution in [0.4, 0.5) is 8.78 Å². The molecule has 0 bridgehead atoms. The van der Waals surface area contributed by atoms with Crippen LogP contribution in [-0.4, -0.2) is 31.1 Å². The second-order valence-corrected chi connectivity index (χ2v) is 12.4. The van der Waals surface area contributed by atoms with Crippen molar-refractivity contribution in [1.29, 1.82) is 0 Å². The van der Waals surface area contributed by atoms with Crippen molar-refractivity contribution >= 4 is 0 Å². The summed E-state index contributed by atoms with van der Waals surface area (Å²) in [6.45, 7) is 21.3. The van der Waals surface area contributed by atoms with Gasteiger partial charge in [0, 0.05) is 18.7 Å². The molecule has 0 amide bonds. The first-order valence-corrected chi connectivity index (χ1v) is 13.1. The molecule has 0 fully saturated rings. The van der Waals surface area contributed by atoms with Crippen molar-refractivity contribution in [2.24, 2.45) is 10.8 Å². The molecular weight excluding hydrogens is 440 g/mol. The van der Waals surface area contributed by atoms with E-state index in [1.807, 2.05) is 0 Å². The van der Waals surface area contributed by atoms with Crippen molar-refractivity contribution in [2.45, 2.75) is 87.2 Å². The van der Waals surface area contributed by atoms with Crippen LogP contribution < -0.4 is 0 Å². The van der Waals surface area contributed by atoms with Crippen LogP contribution in [0.1, 0.15) is 89.2 Å². The Morgan fingerprint density at radius 1 is 0.800 bits per heavy atom. The van der Waals surface area contributed by atoms with Gasteiger partial charge in [0.05, 0.1) is 6.10 Å². The Bertz CT molecular complexity index is 868. The molecule has 4 heteroatoms. The molecule has 2 aromatic rings. The fourth-order valence-electron chi connectivity index (χ4n) is 4.32. The van der Waals surface area contributed by atoms with Crippen LogP contribution in [-0.2, 0) is 11.2 Å². The minimum atomic E-state index is -0.480. The van der Waals surface area contributed by atoms with Gasteiger partial charge in [0.1, 0.15) is 11.6 Å². The highest BCUT2D eigenvalue weighted by atomic mass is 19.1. The van der Waals surface area contributed by atoms with Crippen molar-refractivity contribution in [3.05, 3.63) is 70.3 Å². The van der Waals surface area contributed by atoms with Crippen molar-refractivity contribution in [3.8, 4) is 0 Å². The molecule has 35 heavy (non-hydrogen) atoms. The van der Waals surface area contributed by atoms with Crippen LogP contribution >= 0.6 is 0 Å². The van der Waals surface area contributed by atoms with Crippen LogP contribution in [0.5, 0.6) is 0 Å². The van der Waals surface area contributed by atoms with E-state index in [0.29, 0.717) is 19.4 Å². The lowest BCUT2D eigenvalue weighted by molar-refractivity contribution is 0.0184. The zero-order valence-corrected chi connectivity index (χ0v) is 23.3. The Balaban J connectivity index is 2.18. The van der Waals surface area contributed by atoms with Gasteiger partial charge in [0.2, 0.25) is 0 Å². The van der Waals surface area contributed by atoms with Gasteiger partial charge in [-0.15, -0.1) is 0 Å². The van der Waals surface area contributed by atoms with Crippen LogP contribution in [0.25, 0.3) is 0 Å². The minimum Gasteiger partial charge on any atom is -0.372 e. The van der Waals surface area contributed by atoms with Crippen LogP contribution in [0.3, 0.4) is 0 Å². The summed E-state index contributed by atoms with van der Waals surface area (Å²) >= 11 is 0. The van der Waals surface area contributed by atoms with E-state index >= 15 is 0 Å². The molecule has 1 unspecified atom stereocenters. The lowest BCUT2D eigenvalue weighted by Crippen LogP contribution is -2.35. The smallest absolute Gasteiger partial charge is 0.129 e. The van der Waals surface area contributed by atoms with Gasteiger partial charge in [-0.1, -0.05) is 65.8 Å². The molecule has 0 saturated heterocycles. The van der Waals surface area contributed by atoms with E-state index in [-0.39, 0.29) is 22.5 Å². The predicted octanol–water partition coefficient (Wildman–Crippen LogP) is 8.45. The maximum Gasteiger partial charge on any atom is 0.129 e. The van der Waals surface area contributed by atoms with Gasteiger partial charge in [0.15, 0.2) is 0 Å². The zero-order valence-electron chi connectivity index (χ0n) is 23.3. The van der Waals surface area contributed by atoms with E-state index in [4.69, 9.17) is 4.74 Å². The van der Waals surface area contributed by atoms with Gasteiger partial charge in [0.25, 0.3) is 0 Å². The average Bonchev–Trinajstić information content (AvgIpc) is 2.73. The molecule has 1 atom stereocenters. The first-order chi connectivity index (χ1) is 16.3. The number of hydrogen-bond donors (Lipinski definition) is 0. The highest BCUT2D eigenvalue weighted by Crippen LogP contribution is 2.29. The molecule has 0 aromatic heterocycles. The highest BCUT2D eigenvalue weighted by molar-refractivity contribution is 5.35. The monoisotopic (exact) mass is 487 g/mol. The molecule has 0 aliphatic rings. The molecule has 0 aliphatic carbocycles. The topological polar surface area (TPSA) is 12.5 Å². The molecule has 0 aliphatic heterocycles. The van der Waals surface area contributed by atoms with Gasteiger partial charge in [-0.05, 0) is 92.3 Å². The molecule has 2 rings (SSSR count). The van der Waals surface area contributed by atoms with Gasteiger partial charge in [-0.25, -0.2) is 8.78 Å². The summed E-state index contributed by atoms with van der Waals surface area (Å²) in [6.07, 6.45) is 3.05. The maximum atomic E-state index is 14.1. The van der Waals surface area contributed by atoms with Gasteiger partial charge >= 0.3 is 0 Å². The summed E-state index contributed by atoms with van der Waals surface area (Å²) in [5, 5.41) is 0. The number of rotatable bonds is 12. The van der Waals surface area contributed by atoms with Gasteiger partial charge < -0.3 is 9.64 Å². The number of aryl methyl sites for hydroxylation is 2. The Kier molecular flexibility index (Phi) is 10.9. The quantitative estimate of drug-likeness (QED) is 0.278. The largest absolute Gasteiger partial charge is 0.372 e. The lowest BCUT2D eigenvalue weighted by atomic mass is 9.90. The number of nitrogens with zero attached hydrogens (tertiary/aromatic N) is 1. The fraction of sp³-hybridized carbons (Fsp3) is 0.613. The Hall–Kier alpha value is -1.78. The second-order valence-electron chi connectivity index (χ2n) is 12.4. The zero-order chi connectivity index (χ0) is 26.2. The second kappa shape index (κ2) is 13.0. The molecular formula is C31H47F2NO. The van der Waals surface area contributed by atoms with Crippen LogP contribution in [0.2, 0.25) is 0 Å². The van der Waals surface area contributed by atoms with E-state index in [1.165, 1.54) is 34.9 Å². The Morgan fingerprint density at radius 2 is 1.29 bits per heavy atom. The highest BCUT2D eigenvalue weighted by Gasteiger charge is 2.23. The van der Waals surface area contributed by atoms with Crippen LogP contribution in [0.15, 0.2) is 36.4 Å². The summed E-state index contributed by atoms with van der Waals surface area (Å²) in [5.41, 5.74) is 4.36. The van der Waals surface area contributed by atoms with E-state index in [0.717, 1.165) is 32.5 Å². The number of ether oxygens (including phenoxy) is 1. The van der Waals surface area contributed by atoms with Crippen molar-refractivity contribution in [1.82, 2.24) is 4.90 Å². The summed E-state index contributed by atoms with van der Waals surface area (Å²) in [7, 11) is 0. The third kappa shape index (κ3) is 10.4. The average molecular weight is 488 g/mol. The molecule has 0 spiro atoms. The summed E-state index contributed by atoms with van der Waals surface area (Å²) in [5.74, 6) is -0.960. The van der Waals surface area contributed by atoms with E-state index < -0.39 is 11.6 Å². The molecule has 2 nitrogen and oxygen atoms in total.